The van der Waals surface area contributed by atoms with E-state index in [1.54, 1.807) is 7.11 Å². The molecular formula is C16H19ClO3. The van der Waals surface area contributed by atoms with Crippen molar-refractivity contribution >= 4 is 17.6 Å². The lowest BCUT2D eigenvalue weighted by molar-refractivity contribution is -0.143. The van der Waals surface area contributed by atoms with Crippen LogP contribution in [0, 0.1) is 0 Å². The Labute approximate surface area is 123 Å². The number of benzene rings is 1. The number of aryl methyl sites for hydroxylation is 1. The molecule has 0 aliphatic heterocycles. The second-order valence-corrected chi connectivity index (χ2v) is 6.23. The summed E-state index contributed by atoms with van der Waals surface area (Å²) < 4.78 is 5.49. The van der Waals surface area contributed by atoms with Crippen LogP contribution in [0.3, 0.4) is 0 Å². The van der Waals surface area contributed by atoms with Gasteiger partial charge in [0.05, 0.1) is 17.5 Å². The lowest BCUT2D eigenvalue weighted by Crippen LogP contribution is -2.33. The van der Waals surface area contributed by atoms with Gasteiger partial charge in [-0.1, -0.05) is 30.5 Å². The Bertz CT molecular complexity index is 559. The van der Waals surface area contributed by atoms with Crippen LogP contribution in [-0.4, -0.2) is 18.2 Å². The van der Waals surface area contributed by atoms with Crippen molar-refractivity contribution in [3.8, 4) is 5.75 Å². The number of carbonyl (C=O) groups is 1. The third kappa shape index (κ3) is 1.83. The highest BCUT2D eigenvalue weighted by Gasteiger charge is 2.46. The SMILES string of the molecule is COc1c(C2(C(=O)O)CCCC2)cc2c(c1Cl)CCC2. The summed E-state index contributed by atoms with van der Waals surface area (Å²) in [5.74, 6) is -0.168. The van der Waals surface area contributed by atoms with Gasteiger partial charge in [-0.15, -0.1) is 0 Å². The second-order valence-electron chi connectivity index (χ2n) is 5.86. The minimum absolute atomic E-state index is 0.580. The summed E-state index contributed by atoms with van der Waals surface area (Å²) in [7, 11) is 1.58. The highest BCUT2D eigenvalue weighted by atomic mass is 35.5. The van der Waals surface area contributed by atoms with Gasteiger partial charge in [-0.3, -0.25) is 4.79 Å². The maximum absolute atomic E-state index is 11.9. The van der Waals surface area contributed by atoms with Gasteiger partial charge in [-0.2, -0.15) is 0 Å². The minimum atomic E-state index is -0.813. The second kappa shape index (κ2) is 4.96. The summed E-state index contributed by atoms with van der Waals surface area (Å²) in [5, 5.41) is 10.4. The van der Waals surface area contributed by atoms with Crippen molar-refractivity contribution in [1.29, 1.82) is 0 Å². The van der Waals surface area contributed by atoms with Crippen LogP contribution in [0.4, 0.5) is 0 Å². The zero-order valence-electron chi connectivity index (χ0n) is 11.7. The van der Waals surface area contributed by atoms with E-state index in [4.69, 9.17) is 16.3 Å². The molecule has 1 N–H and O–H groups in total. The van der Waals surface area contributed by atoms with Gasteiger partial charge in [0.15, 0.2) is 0 Å². The highest BCUT2D eigenvalue weighted by molar-refractivity contribution is 6.33. The third-order valence-corrected chi connectivity index (χ3v) is 5.27. The normalized spacial score (nSPS) is 19.9. The first-order valence-electron chi connectivity index (χ1n) is 7.22. The number of methoxy groups -OCH3 is 1. The molecule has 0 aromatic heterocycles. The minimum Gasteiger partial charge on any atom is -0.495 e. The molecule has 1 aromatic carbocycles. The Balaban J connectivity index is 2.22. The summed E-state index contributed by atoms with van der Waals surface area (Å²) >= 11 is 6.49. The molecule has 3 rings (SSSR count). The van der Waals surface area contributed by atoms with Gasteiger partial charge in [0.25, 0.3) is 0 Å². The van der Waals surface area contributed by atoms with E-state index >= 15 is 0 Å². The average molecular weight is 295 g/mol. The topological polar surface area (TPSA) is 46.5 Å². The Hall–Kier alpha value is -1.22. The molecule has 0 unspecified atom stereocenters. The molecule has 0 atom stereocenters. The lowest BCUT2D eigenvalue weighted by atomic mass is 9.77. The van der Waals surface area contributed by atoms with Gasteiger partial charge in [-0.25, -0.2) is 0 Å². The van der Waals surface area contributed by atoms with Crippen LogP contribution in [0.5, 0.6) is 5.75 Å². The maximum atomic E-state index is 11.9. The van der Waals surface area contributed by atoms with E-state index in [1.807, 2.05) is 6.07 Å². The van der Waals surface area contributed by atoms with Crippen molar-refractivity contribution in [2.24, 2.45) is 0 Å². The van der Waals surface area contributed by atoms with Gasteiger partial charge in [-0.05, 0) is 43.2 Å². The summed E-state index contributed by atoms with van der Waals surface area (Å²) in [4.78, 5) is 11.9. The number of carboxylic acids is 1. The molecule has 0 bridgehead atoms. The first-order valence-corrected chi connectivity index (χ1v) is 7.60. The summed E-state index contributed by atoms with van der Waals surface area (Å²) in [6.45, 7) is 0. The summed E-state index contributed by atoms with van der Waals surface area (Å²) in [5.41, 5.74) is 2.33. The van der Waals surface area contributed by atoms with E-state index in [9.17, 15) is 9.90 Å². The number of carboxylic acid groups (broad SMARTS) is 1. The van der Waals surface area contributed by atoms with E-state index in [2.05, 4.69) is 0 Å². The monoisotopic (exact) mass is 294 g/mol. The van der Waals surface area contributed by atoms with Crippen molar-refractivity contribution in [3.05, 3.63) is 27.8 Å². The van der Waals surface area contributed by atoms with Crippen LogP contribution in [0.15, 0.2) is 6.07 Å². The van der Waals surface area contributed by atoms with Crippen molar-refractivity contribution in [2.75, 3.05) is 7.11 Å². The first-order chi connectivity index (χ1) is 9.60. The Morgan fingerprint density at radius 3 is 2.60 bits per heavy atom. The Morgan fingerprint density at radius 1 is 1.30 bits per heavy atom. The molecule has 1 fully saturated rings. The molecule has 0 spiro atoms. The van der Waals surface area contributed by atoms with Crippen LogP contribution in [0.1, 0.15) is 48.8 Å². The fourth-order valence-electron chi connectivity index (χ4n) is 3.80. The molecule has 4 heteroatoms. The van der Waals surface area contributed by atoms with E-state index in [1.165, 1.54) is 5.56 Å². The molecule has 0 saturated heterocycles. The number of ether oxygens (including phenoxy) is 1. The van der Waals surface area contributed by atoms with Gasteiger partial charge < -0.3 is 9.84 Å². The van der Waals surface area contributed by atoms with E-state index in [0.29, 0.717) is 23.6 Å². The van der Waals surface area contributed by atoms with E-state index in [-0.39, 0.29) is 0 Å². The molecule has 20 heavy (non-hydrogen) atoms. The first kappa shape index (κ1) is 13.7. The number of rotatable bonds is 3. The van der Waals surface area contributed by atoms with Crippen molar-refractivity contribution in [3.63, 3.8) is 0 Å². The Morgan fingerprint density at radius 2 is 2.00 bits per heavy atom. The summed E-state index contributed by atoms with van der Waals surface area (Å²) in [6, 6.07) is 2.05. The number of halogens is 1. The number of hydrogen-bond acceptors (Lipinski definition) is 2. The van der Waals surface area contributed by atoms with Crippen molar-refractivity contribution in [1.82, 2.24) is 0 Å². The predicted molar refractivity (Wildman–Crippen MR) is 77.8 cm³/mol. The fraction of sp³-hybridized carbons (Fsp3) is 0.562. The molecular weight excluding hydrogens is 276 g/mol. The maximum Gasteiger partial charge on any atom is 0.314 e. The van der Waals surface area contributed by atoms with E-state index < -0.39 is 11.4 Å². The highest BCUT2D eigenvalue weighted by Crippen LogP contribution is 2.49. The van der Waals surface area contributed by atoms with Crippen molar-refractivity contribution in [2.45, 2.75) is 50.4 Å². The smallest absolute Gasteiger partial charge is 0.314 e. The molecule has 0 amide bonds. The molecule has 2 aliphatic rings. The van der Waals surface area contributed by atoms with Gasteiger partial charge in [0.2, 0.25) is 0 Å². The molecule has 0 radical (unpaired) electrons. The summed E-state index contributed by atoms with van der Waals surface area (Å²) in [6.07, 6.45) is 6.28. The van der Waals surface area contributed by atoms with Crippen LogP contribution in [0.25, 0.3) is 0 Å². The average Bonchev–Trinajstić information content (AvgIpc) is 3.08. The zero-order chi connectivity index (χ0) is 14.3. The molecule has 1 saturated carbocycles. The van der Waals surface area contributed by atoms with Crippen molar-refractivity contribution < 1.29 is 14.6 Å². The number of hydrogen-bond donors (Lipinski definition) is 1. The van der Waals surface area contributed by atoms with Gasteiger partial charge >= 0.3 is 5.97 Å². The Kier molecular flexibility index (Phi) is 3.41. The van der Waals surface area contributed by atoms with Gasteiger partial charge in [0, 0.05) is 5.56 Å². The predicted octanol–water partition coefficient (Wildman–Crippen LogP) is 3.73. The van der Waals surface area contributed by atoms with Gasteiger partial charge in [0.1, 0.15) is 5.75 Å². The molecule has 1 aromatic rings. The fourth-order valence-corrected chi connectivity index (χ4v) is 4.20. The molecule has 2 aliphatic carbocycles. The van der Waals surface area contributed by atoms with Crippen LogP contribution in [-0.2, 0) is 23.1 Å². The number of aliphatic carboxylic acids is 1. The van der Waals surface area contributed by atoms with E-state index in [0.717, 1.165) is 43.2 Å². The molecule has 3 nitrogen and oxygen atoms in total. The zero-order valence-corrected chi connectivity index (χ0v) is 12.4. The quantitative estimate of drug-likeness (QED) is 0.924. The standard InChI is InChI=1S/C16H19ClO3/c1-20-14-12(16(15(18)19)7-2-3-8-16)9-10-5-4-6-11(10)13(14)17/h9H,2-8H2,1H3,(H,18,19). The molecule has 108 valence electrons. The lowest BCUT2D eigenvalue weighted by Gasteiger charge is -2.28. The van der Waals surface area contributed by atoms with Crippen LogP contribution >= 0.6 is 11.6 Å². The third-order valence-electron chi connectivity index (χ3n) is 4.87. The number of fused-ring (bicyclic) bond motifs is 1. The van der Waals surface area contributed by atoms with Crippen LogP contribution in [0.2, 0.25) is 5.02 Å². The molecule has 0 heterocycles. The largest absolute Gasteiger partial charge is 0.495 e. The van der Waals surface area contributed by atoms with Crippen LogP contribution < -0.4 is 4.74 Å².